The summed E-state index contributed by atoms with van der Waals surface area (Å²) in [5, 5.41) is 0. The lowest BCUT2D eigenvalue weighted by Crippen LogP contribution is -2.24. The van der Waals surface area contributed by atoms with Crippen molar-refractivity contribution in [1.29, 1.82) is 0 Å². The second-order valence-corrected chi connectivity index (χ2v) is 5.07. The molecule has 2 aromatic heterocycles. The van der Waals surface area contributed by atoms with Gasteiger partial charge in [0.15, 0.2) is 5.82 Å². The van der Waals surface area contributed by atoms with Crippen LogP contribution >= 0.6 is 0 Å². The monoisotopic (exact) mass is 281 g/mol. The zero-order chi connectivity index (χ0) is 14.8. The quantitative estimate of drug-likeness (QED) is 0.747. The molecule has 0 bridgehead atoms. The van der Waals surface area contributed by atoms with E-state index in [0.717, 1.165) is 41.2 Å². The van der Waals surface area contributed by atoms with Gasteiger partial charge >= 0.3 is 0 Å². The van der Waals surface area contributed by atoms with Crippen LogP contribution < -0.4 is 10.6 Å². The maximum atomic E-state index is 6.05. The van der Waals surface area contributed by atoms with Crippen LogP contribution in [-0.2, 0) is 13.6 Å². The molecule has 5 nitrogen and oxygen atoms in total. The highest BCUT2D eigenvalue weighted by Gasteiger charge is 2.14. The highest BCUT2D eigenvalue weighted by atomic mass is 15.2. The van der Waals surface area contributed by atoms with Crippen LogP contribution in [0.3, 0.4) is 0 Å². The first-order chi connectivity index (χ1) is 10.2. The van der Waals surface area contributed by atoms with Gasteiger partial charge in [-0.15, -0.1) is 0 Å². The summed E-state index contributed by atoms with van der Waals surface area (Å²) in [6, 6.07) is 9.92. The normalized spacial score (nSPS) is 11.0. The van der Waals surface area contributed by atoms with Crippen molar-refractivity contribution >= 4 is 22.5 Å². The number of imidazole rings is 1. The molecule has 0 saturated heterocycles. The van der Waals surface area contributed by atoms with Crippen LogP contribution in [0.1, 0.15) is 12.5 Å². The van der Waals surface area contributed by atoms with Crippen molar-refractivity contribution in [1.82, 2.24) is 14.5 Å². The minimum atomic E-state index is 0.728. The molecule has 3 aromatic rings. The lowest BCUT2D eigenvalue weighted by molar-refractivity contribution is 0.819. The summed E-state index contributed by atoms with van der Waals surface area (Å²) in [6.07, 6.45) is 3.65. The molecule has 108 valence electrons. The Balaban J connectivity index is 2.01. The largest absolute Gasteiger partial charge is 0.398 e. The van der Waals surface area contributed by atoms with Gasteiger partial charge in [-0.1, -0.05) is 18.2 Å². The maximum absolute atomic E-state index is 6.05. The molecule has 0 saturated carbocycles. The first kappa shape index (κ1) is 13.4. The molecule has 0 aliphatic carbocycles. The summed E-state index contributed by atoms with van der Waals surface area (Å²) in [7, 11) is 1.99. The van der Waals surface area contributed by atoms with E-state index in [0.29, 0.717) is 0 Å². The van der Waals surface area contributed by atoms with E-state index >= 15 is 0 Å². The fraction of sp³-hybridized carbons (Fsp3) is 0.250. The van der Waals surface area contributed by atoms with Crippen LogP contribution in [0.15, 0.2) is 42.9 Å². The van der Waals surface area contributed by atoms with Gasteiger partial charge in [0, 0.05) is 32.0 Å². The molecular weight excluding hydrogens is 262 g/mol. The van der Waals surface area contributed by atoms with E-state index in [1.165, 1.54) is 0 Å². The van der Waals surface area contributed by atoms with Crippen molar-refractivity contribution in [2.24, 2.45) is 7.05 Å². The van der Waals surface area contributed by atoms with Crippen LogP contribution in [0.25, 0.3) is 11.0 Å². The van der Waals surface area contributed by atoms with Gasteiger partial charge in [0.25, 0.3) is 0 Å². The van der Waals surface area contributed by atoms with E-state index in [4.69, 9.17) is 5.73 Å². The molecule has 2 heterocycles. The number of aromatic nitrogens is 3. The summed E-state index contributed by atoms with van der Waals surface area (Å²) in [5.41, 5.74) is 9.98. The summed E-state index contributed by atoms with van der Waals surface area (Å²) in [6.45, 7) is 3.69. The second kappa shape index (κ2) is 5.44. The molecule has 0 radical (unpaired) electrons. The lowest BCUT2D eigenvalue weighted by Gasteiger charge is -2.23. The Morgan fingerprint density at radius 2 is 2.00 bits per heavy atom. The minimum Gasteiger partial charge on any atom is -0.398 e. The number of nitrogen functional groups attached to an aromatic ring is 1. The number of fused-ring (bicyclic) bond motifs is 1. The number of benzene rings is 1. The van der Waals surface area contributed by atoms with Crippen LogP contribution in [0, 0.1) is 0 Å². The van der Waals surface area contributed by atoms with Gasteiger partial charge in [0.2, 0.25) is 0 Å². The number of hydrogen-bond donors (Lipinski definition) is 1. The van der Waals surface area contributed by atoms with E-state index in [1.54, 1.807) is 0 Å². The Labute approximate surface area is 124 Å². The van der Waals surface area contributed by atoms with E-state index in [1.807, 2.05) is 48.4 Å². The Morgan fingerprint density at radius 1 is 1.19 bits per heavy atom. The molecule has 5 heteroatoms. The van der Waals surface area contributed by atoms with E-state index in [9.17, 15) is 0 Å². The Kier molecular flexibility index (Phi) is 3.48. The van der Waals surface area contributed by atoms with E-state index < -0.39 is 0 Å². The molecular formula is C16H19N5. The van der Waals surface area contributed by atoms with Gasteiger partial charge in [-0.05, 0) is 24.6 Å². The average Bonchev–Trinajstić information content (AvgIpc) is 2.88. The summed E-state index contributed by atoms with van der Waals surface area (Å²) in [5.74, 6) is 0.902. The Morgan fingerprint density at radius 3 is 2.76 bits per heavy atom. The number of nitrogens with two attached hydrogens (primary N) is 1. The third-order valence-corrected chi connectivity index (χ3v) is 3.72. The Bertz CT molecular complexity index is 762. The summed E-state index contributed by atoms with van der Waals surface area (Å²) >= 11 is 0. The highest BCUT2D eigenvalue weighted by molar-refractivity contribution is 5.86. The molecule has 0 unspecified atom stereocenters. The van der Waals surface area contributed by atoms with Gasteiger partial charge < -0.3 is 15.2 Å². The van der Waals surface area contributed by atoms with Gasteiger partial charge in [0.05, 0.1) is 11.8 Å². The van der Waals surface area contributed by atoms with Gasteiger partial charge in [-0.2, -0.15) is 0 Å². The van der Waals surface area contributed by atoms with E-state index in [-0.39, 0.29) is 0 Å². The molecule has 0 atom stereocenters. The summed E-state index contributed by atoms with van der Waals surface area (Å²) in [4.78, 5) is 11.2. The highest BCUT2D eigenvalue weighted by Crippen LogP contribution is 2.25. The molecule has 3 rings (SSSR count). The molecule has 2 N–H and O–H groups in total. The summed E-state index contributed by atoms with van der Waals surface area (Å²) < 4.78 is 2.01. The van der Waals surface area contributed by atoms with Crippen molar-refractivity contribution < 1.29 is 0 Å². The molecule has 1 aromatic carbocycles. The van der Waals surface area contributed by atoms with Crippen molar-refractivity contribution in [3.63, 3.8) is 0 Å². The smallest absolute Gasteiger partial charge is 0.157 e. The van der Waals surface area contributed by atoms with Crippen molar-refractivity contribution in [2.45, 2.75) is 13.5 Å². The van der Waals surface area contributed by atoms with Gasteiger partial charge in [-0.3, -0.25) is 0 Å². The van der Waals surface area contributed by atoms with Crippen molar-refractivity contribution in [3.05, 3.63) is 48.4 Å². The number of hydrogen-bond acceptors (Lipinski definition) is 4. The molecule has 0 amide bonds. The number of nitrogens with zero attached hydrogens (tertiary/aromatic N) is 4. The number of anilines is 2. The van der Waals surface area contributed by atoms with E-state index in [2.05, 4.69) is 27.9 Å². The van der Waals surface area contributed by atoms with Crippen molar-refractivity contribution in [3.8, 4) is 0 Å². The van der Waals surface area contributed by atoms with Gasteiger partial charge in [-0.25, -0.2) is 9.97 Å². The topological polar surface area (TPSA) is 60.0 Å². The predicted molar refractivity (Wildman–Crippen MR) is 86.1 cm³/mol. The Hall–Kier alpha value is -2.56. The van der Waals surface area contributed by atoms with Gasteiger partial charge in [0.1, 0.15) is 5.52 Å². The number of rotatable bonds is 4. The zero-order valence-electron chi connectivity index (χ0n) is 12.3. The fourth-order valence-electron chi connectivity index (χ4n) is 2.50. The van der Waals surface area contributed by atoms with Crippen LogP contribution in [0.5, 0.6) is 0 Å². The standard InChI is InChI=1S/C16H19N5/c1-3-21(10-12-6-4-5-7-13(12)17)16-15-14(8-9-18-16)20(2)11-19-15/h4-9,11H,3,10,17H2,1-2H3. The maximum Gasteiger partial charge on any atom is 0.157 e. The molecule has 21 heavy (non-hydrogen) atoms. The molecule has 0 fully saturated rings. The number of aryl methyl sites for hydroxylation is 1. The van der Waals surface area contributed by atoms with Crippen LogP contribution in [-0.4, -0.2) is 21.1 Å². The molecule has 0 aliphatic heterocycles. The lowest BCUT2D eigenvalue weighted by atomic mass is 10.1. The predicted octanol–water partition coefficient (Wildman–Crippen LogP) is 2.58. The number of para-hydroxylation sites is 1. The number of pyridine rings is 1. The second-order valence-electron chi connectivity index (χ2n) is 5.07. The van der Waals surface area contributed by atoms with Crippen LogP contribution in [0.4, 0.5) is 11.5 Å². The SMILES string of the molecule is CCN(Cc1ccccc1N)c1nccc2c1ncn2C. The molecule has 0 aliphatic rings. The average molecular weight is 281 g/mol. The zero-order valence-corrected chi connectivity index (χ0v) is 12.3. The van der Waals surface area contributed by atoms with Crippen molar-refractivity contribution in [2.75, 3.05) is 17.2 Å². The van der Waals surface area contributed by atoms with Crippen LogP contribution in [0.2, 0.25) is 0 Å². The third-order valence-electron chi connectivity index (χ3n) is 3.72. The minimum absolute atomic E-state index is 0.728. The third kappa shape index (κ3) is 2.42. The molecule has 0 spiro atoms. The first-order valence-electron chi connectivity index (χ1n) is 7.05. The first-order valence-corrected chi connectivity index (χ1v) is 7.05. The fourth-order valence-corrected chi connectivity index (χ4v) is 2.50.